The Morgan fingerprint density at radius 3 is 2.82 bits per heavy atom. The molecule has 0 amide bonds. The molecule has 0 aliphatic carbocycles. The lowest BCUT2D eigenvalue weighted by molar-refractivity contribution is 0.276. The Kier molecular flexibility index (Phi) is 3.73. The fraction of sp³-hybridized carbons (Fsp3) is 0.214. The number of ether oxygens (including phenoxy) is 1. The molecule has 17 heavy (non-hydrogen) atoms. The molecular formula is C14H15NO2. The quantitative estimate of drug-likeness (QED) is 0.876. The van der Waals surface area contributed by atoms with Gasteiger partial charge in [-0.25, -0.2) is 0 Å². The number of para-hydroxylation sites is 1. The molecule has 1 aromatic carbocycles. The van der Waals surface area contributed by atoms with Crippen molar-refractivity contribution in [1.29, 1.82) is 0 Å². The number of aliphatic hydroxyl groups is 1. The van der Waals surface area contributed by atoms with E-state index in [2.05, 4.69) is 11.9 Å². The first-order valence-electron chi connectivity index (χ1n) is 5.65. The summed E-state index contributed by atoms with van der Waals surface area (Å²) in [6.45, 7) is 2.01. The third-order valence-corrected chi connectivity index (χ3v) is 2.53. The first-order chi connectivity index (χ1) is 8.33. The predicted molar refractivity (Wildman–Crippen MR) is 66.1 cm³/mol. The molecule has 0 atom stereocenters. The molecule has 0 aliphatic heterocycles. The van der Waals surface area contributed by atoms with Crippen LogP contribution < -0.4 is 4.74 Å². The number of hydrogen-bond donors (Lipinski definition) is 1. The lowest BCUT2D eigenvalue weighted by Crippen LogP contribution is -1.93. The molecule has 88 valence electrons. The van der Waals surface area contributed by atoms with Gasteiger partial charge in [-0.2, -0.15) is 0 Å². The van der Waals surface area contributed by atoms with Crippen molar-refractivity contribution in [1.82, 2.24) is 4.98 Å². The molecule has 2 aromatic rings. The standard InChI is InChI=1S/C14H15NO2/c1-2-11-5-3-4-6-14(11)17-13-7-8-15-12(9-13)10-16/h3-9,16H,2,10H2,1H3. The van der Waals surface area contributed by atoms with Crippen molar-refractivity contribution in [3.8, 4) is 11.5 Å². The maximum absolute atomic E-state index is 9.01. The summed E-state index contributed by atoms with van der Waals surface area (Å²) < 4.78 is 5.79. The Balaban J connectivity index is 2.24. The normalized spacial score (nSPS) is 10.2. The molecule has 0 fully saturated rings. The van der Waals surface area contributed by atoms with E-state index in [1.54, 1.807) is 18.3 Å². The van der Waals surface area contributed by atoms with Crippen LogP contribution in [-0.2, 0) is 13.0 Å². The topological polar surface area (TPSA) is 42.4 Å². The average Bonchev–Trinajstić information content (AvgIpc) is 2.39. The van der Waals surface area contributed by atoms with Gasteiger partial charge in [0.05, 0.1) is 12.3 Å². The summed E-state index contributed by atoms with van der Waals surface area (Å²) in [4.78, 5) is 4.01. The summed E-state index contributed by atoms with van der Waals surface area (Å²) in [5, 5.41) is 9.01. The molecule has 1 N–H and O–H groups in total. The molecule has 1 aromatic heterocycles. The van der Waals surface area contributed by atoms with Gasteiger partial charge >= 0.3 is 0 Å². The molecular weight excluding hydrogens is 214 g/mol. The van der Waals surface area contributed by atoms with E-state index in [4.69, 9.17) is 9.84 Å². The van der Waals surface area contributed by atoms with Crippen LogP contribution in [0, 0.1) is 0 Å². The number of benzene rings is 1. The number of aliphatic hydroxyl groups excluding tert-OH is 1. The average molecular weight is 229 g/mol. The van der Waals surface area contributed by atoms with Gasteiger partial charge in [0.1, 0.15) is 11.5 Å². The summed E-state index contributed by atoms with van der Waals surface area (Å²) in [6, 6.07) is 11.5. The van der Waals surface area contributed by atoms with Gasteiger partial charge in [0.15, 0.2) is 0 Å². The van der Waals surface area contributed by atoms with E-state index in [1.807, 2.05) is 24.3 Å². The third kappa shape index (κ3) is 2.82. The van der Waals surface area contributed by atoms with E-state index >= 15 is 0 Å². The number of aryl methyl sites for hydroxylation is 1. The van der Waals surface area contributed by atoms with Gasteiger partial charge in [-0.1, -0.05) is 25.1 Å². The highest BCUT2D eigenvalue weighted by molar-refractivity contribution is 5.37. The molecule has 1 heterocycles. The Labute approximate surface area is 101 Å². The van der Waals surface area contributed by atoms with Crippen LogP contribution in [0.15, 0.2) is 42.6 Å². The van der Waals surface area contributed by atoms with Crippen molar-refractivity contribution in [3.63, 3.8) is 0 Å². The largest absolute Gasteiger partial charge is 0.457 e. The van der Waals surface area contributed by atoms with Crippen molar-refractivity contribution < 1.29 is 9.84 Å². The Hall–Kier alpha value is -1.87. The van der Waals surface area contributed by atoms with Crippen LogP contribution in [0.3, 0.4) is 0 Å². The lowest BCUT2D eigenvalue weighted by Gasteiger charge is -2.10. The SMILES string of the molecule is CCc1ccccc1Oc1ccnc(CO)c1. The van der Waals surface area contributed by atoms with Gasteiger partial charge in [0, 0.05) is 12.3 Å². The van der Waals surface area contributed by atoms with Crippen LogP contribution >= 0.6 is 0 Å². The third-order valence-electron chi connectivity index (χ3n) is 2.53. The Bertz CT molecular complexity index is 497. The maximum Gasteiger partial charge on any atom is 0.130 e. The zero-order valence-electron chi connectivity index (χ0n) is 9.76. The number of pyridine rings is 1. The van der Waals surface area contributed by atoms with E-state index in [1.165, 1.54) is 0 Å². The van der Waals surface area contributed by atoms with Crippen LogP contribution in [0.25, 0.3) is 0 Å². The highest BCUT2D eigenvalue weighted by Crippen LogP contribution is 2.25. The van der Waals surface area contributed by atoms with Crippen molar-refractivity contribution in [2.75, 3.05) is 0 Å². The van der Waals surface area contributed by atoms with Crippen molar-refractivity contribution in [2.45, 2.75) is 20.0 Å². The van der Waals surface area contributed by atoms with Gasteiger partial charge in [0.2, 0.25) is 0 Å². The van der Waals surface area contributed by atoms with E-state index in [0.717, 1.165) is 17.7 Å². The second kappa shape index (κ2) is 5.46. The van der Waals surface area contributed by atoms with E-state index in [-0.39, 0.29) is 6.61 Å². The molecule has 3 nitrogen and oxygen atoms in total. The Morgan fingerprint density at radius 2 is 2.06 bits per heavy atom. The number of hydrogen-bond acceptors (Lipinski definition) is 3. The molecule has 0 spiro atoms. The zero-order valence-corrected chi connectivity index (χ0v) is 9.76. The minimum absolute atomic E-state index is 0.0768. The second-order valence-corrected chi connectivity index (χ2v) is 3.70. The van der Waals surface area contributed by atoms with Gasteiger partial charge < -0.3 is 9.84 Å². The minimum Gasteiger partial charge on any atom is -0.457 e. The molecule has 0 unspecified atom stereocenters. The maximum atomic E-state index is 9.01. The van der Waals surface area contributed by atoms with Crippen molar-refractivity contribution in [2.24, 2.45) is 0 Å². The number of aromatic nitrogens is 1. The van der Waals surface area contributed by atoms with Gasteiger partial charge in [-0.15, -0.1) is 0 Å². The van der Waals surface area contributed by atoms with Crippen molar-refractivity contribution in [3.05, 3.63) is 53.9 Å². The smallest absolute Gasteiger partial charge is 0.130 e. The fourth-order valence-corrected chi connectivity index (χ4v) is 1.63. The van der Waals surface area contributed by atoms with Crippen LogP contribution in [0.1, 0.15) is 18.2 Å². The van der Waals surface area contributed by atoms with Gasteiger partial charge in [-0.05, 0) is 24.1 Å². The summed E-state index contributed by atoms with van der Waals surface area (Å²) in [5.41, 5.74) is 1.77. The zero-order chi connectivity index (χ0) is 12.1. The second-order valence-electron chi connectivity index (χ2n) is 3.70. The van der Waals surface area contributed by atoms with E-state index in [0.29, 0.717) is 11.4 Å². The fourth-order valence-electron chi connectivity index (χ4n) is 1.63. The van der Waals surface area contributed by atoms with Gasteiger partial charge in [0.25, 0.3) is 0 Å². The Morgan fingerprint density at radius 1 is 1.24 bits per heavy atom. The predicted octanol–water partition coefficient (Wildman–Crippen LogP) is 2.93. The summed E-state index contributed by atoms with van der Waals surface area (Å²) in [6.07, 6.45) is 2.56. The molecule has 0 saturated carbocycles. The first kappa shape index (κ1) is 11.6. The highest BCUT2D eigenvalue weighted by atomic mass is 16.5. The summed E-state index contributed by atoms with van der Waals surface area (Å²) >= 11 is 0. The summed E-state index contributed by atoms with van der Waals surface area (Å²) in [5.74, 6) is 1.55. The molecule has 0 bridgehead atoms. The van der Waals surface area contributed by atoms with E-state index < -0.39 is 0 Å². The number of nitrogens with zero attached hydrogens (tertiary/aromatic N) is 1. The molecule has 3 heteroatoms. The van der Waals surface area contributed by atoms with Crippen LogP contribution in [0.2, 0.25) is 0 Å². The van der Waals surface area contributed by atoms with Crippen LogP contribution in [0.5, 0.6) is 11.5 Å². The first-order valence-corrected chi connectivity index (χ1v) is 5.65. The molecule has 0 saturated heterocycles. The van der Waals surface area contributed by atoms with Gasteiger partial charge in [-0.3, -0.25) is 4.98 Å². The molecule has 0 aliphatic rings. The summed E-state index contributed by atoms with van der Waals surface area (Å²) in [7, 11) is 0. The van der Waals surface area contributed by atoms with Crippen LogP contribution in [-0.4, -0.2) is 10.1 Å². The lowest BCUT2D eigenvalue weighted by atomic mass is 10.1. The monoisotopic (exact) mass is 229 g/mol. The van der Waals surface area contributed by atoms with E-state index in [9.17, 15) is 0 Å². The van der Waals surface area contributed by atoms with Crippen molar-refractivity contribution >= 4 is 0 Å². The minimum atomic E-state index is -0.0768. The van der Waals surface area contributed by atoms with Crippen LogP contribution in [0.4, 0.5) is 0 Å². The molecule has 2 rings (SSSR count). The molecule has 0 radical (unpaired) electrons. The highest BCUT2D eigenvalue weighted by Gasteiger charge is 2.03. The number of rotatable bonds is 4.